The summed E-state index contributed by atoms with van der Waals surface area (Å²) in [7, 11) is 3.25. The lowest BCUT2D eigenvalue weighted by atomic mass is 10.1. The van der Waals surface area contributed by atoms with E-state index in [0.29, 0.717) is 10.8 Å². The Labute approximate surface area is 133 Å². The van der Waals surface area contributed by atoms with E-state index >= 15 is 0 Å². The first-order chi connectivity index (χ1) is 10.1. The number of pyridine rings is 1. The highest BCUT2D eigenvalue weighted by molar-refractivity contribution is 7.99. The maximum Gasteiger partial charge on any atom is 0.127 e. The van der Waals surface area contributed by atoms with Gasteiger partial charge in [0.1, 0.15) is 11.5 Å². The van der Waals surface area contributed by atoms with Crippen molar-refractivity contribution in [1.29, 1.82) is 0 Å². The Hall–Kier alpha value is -1.43. The van der Waals surface area contributed by atoms with Crippen LogP contribution >= 0.6 is 23.4 Å². The predicted octanol–water partition coefficient (Wildman–Crippen LogP) is 3.54. The molecule has 1 aromatic heterocycles. The van der Waals surface area contributed by atoms with E-state index in [1.54, 1.807) is 32.2 Å². The molecule has 0 saturated heterocycles. The van der Waals surface area contributed by atoms with Crippen LogP contribution in [0.25, 0.3) is 0 Å². The van der Waals surface area contributed by atoms with Crippen molar-refractivity contribution in [2.45, 2.75) is 11.1 Å². The van der Waals surface area contributed by atoms with E-state index in [9.17, 15) is 0 Å². The summed E-state index contributed by atoms with van der Waals surface area (Å²) in [5.41, 5.74) is 7.19. The van der Waals surface area contributed by atoms with Crippen molar-refractivity contribution in [3.63, 3.8) is 0 Å². The smallest absolute Gasteiger partial charge is 0.127 e. The monoisotopic (exact) mass is 324 g/mol. The summed E-state index contributed by atoms with van der Waals surface area (Å²) in [5, 5.41) is 1.52. The number of nitrogens with two attached hydrogens (primary N) is 1. The second-order valence-corrected chi connectivity index (χ2v) is 5.82. The molecular formula is C15H17ClN2O2S. The van der Waals surface area contributed by atoms with Crippen LogP contribution in [-0.2, 0) is 0 Å². The van der Waals surface area contributed by atoms with E-state index < -0.39 is 0 Å². The zero-order valence-electron chi connectivity index (χ0n) is 11.9. The van der Waals surface area contributed by atoms with Crippen molar-refractivity contribution in [3.05, 3.63) is 47.1 Å². The molecule has 0 spiro atoms. The number of rotatable bonds is 6. The molecule has 0 bridgehead atoms. The Morgan fingerprint density at radius 3 is 2.67 bits per heavy atom. The van der Waals surface area contributed by atoms with Gasteiger partial charge in [-0.1, -0.05) is 17.7 Å². The molecule has 1 heterocycles. The van der Waals surface area contributed by atoms with E-state index in [1.165, 1.54) is 0 Å². The molecule has 2 rings (SSSR count). The molecule has 0 aliphatic heterocycles. The molecule has 1 aromatic carbocycles. The average Bonchev–Trinajstić information content (AvgIpc) is 2.53. The topological polar surface area (TPSA) is 57.4 Å². The lowest BCUT2D eigenvalue weighted by Gasteiger charge is -2.16. The first-order valence-electron chi connectivity index (χ1n) is 6.36. The van der Waals surface area contributed by atoms with Gasteiger partial charge in [-0.25, -0.2) is 4.98 Å². The van der Waals surface area contributed by atoms with Gasteiger partial charge in [-0.3, -0.25) is 0 Å². The number of thioether (sulfide) groups is 1. The van der Waals surface area contributed by atoms with Crippen molar-refractivity contribution in [2.24, 2.45) is 5.73 Å². The summed E-state index contributed by atoms with van der Waals surface area (Å²) >= 11 is 7.39. The molecular weight excluding hydrogens is 308 g/mol. The molecule has 112 valence electrons. The Bertz CT molecular complexity index is 593. The van der Waals surface area contributed by atoms with Gasteiger partial charge in [-0.05, 0) is 18.2 Å². The predicted molar refractivity (Wildman–Crippen MR) is 86.4 cm³/mol. The van der Waals surface area contributed by atoms with E-state index in [0.717, 1.165) is 22.1 Å². The minimum Gasteiger partial charge on any atom is -0.497 e. The molecule has 0 radical (unpaired) electrons. The third-order valence-corrected chi connectivity index (χ3v) is 4.24. The van der Waals surface area contributed by atoms with E-state index in [4.69, 9.17) is 26.8 Å². The molecule has 0 aliphatic carbocycles. The van der Waals surface area contributed by atoms with Gasteiger partial charge in [-0.2, -0.15) is 0 Å². The molecule has 0 amide bonds. The van der Waals surface area contributed by atoms with Gasteiger partial charge in [0.05, 0.1) is 24.3 Å². The number of hydrogen-bond donors (Lipinski definition) is 1. The van der Waals surface area contributed by atoms with Crippen LogP contribution in [0.1, 0.15) is 11.6 Å². The van der Waals surface area contributed by atoms with Crippen LogP contribution in [0.2, 0.25) is 5.02 Å². The number of halogens is 1. The maximum atomic E-state index is 6.25. The van der Waals surface area contributed by atoms with Gasteiger partial charge in [0, 0.05) is 29.6 Å². The van der Waals surface area contributed by atoms with E-state index in [2.05, 4.69) is 4.98 Å². The molecule has 2 aromatic rings. The van der Waals surface area contributed by atoms with Crippen LogP contribution in [0.4, 0.5) is 0 Å². The fourth-order valence-electron chi connectivity index (χ4n) is 1.84. The number of benzene rings is 1. The fraction of sp³-hybridized carbons (Fsp3) is 0.267. The SMILES string of the molecule is COc1ccc(C(N)CSc2ccc(Cl)cn2)c(OC)c1. The van der Waals surface area contributed by atoms with Crippen LogP contribution in [-0.4, -0.2) is 25.0 Å². The Morgan fingerprint density at radius 2 is 2.05 bits per heavy atom. The lowest BCUT2D eigenvalue weighted by molar-refractivity contribution is 0.389. The molecule has 21 heavy (non-hydrogen) atoms. The standard InChI is InChI=1S/C15H17ClN2O2S/c1-19-11-4-5-12(14(7-11)20-2)13(17)9-21-15-6-3-10(16)8-18-15/h3-8,13H,9,17H2,1-2H3. The molecule has 2 N–H and O–H groups in total. The number of aromatic nitrogens is 1. The van der Waals surface area contributed by atoms with Crippen LogP contribution in [0, 0.1) is 0 Å². The number of methoxy groups -OCH3 is 2. The molecule has 1 unspecified atom stereocenters. The third-order valence-electron chi connectivity index (χ3n) is 2.95. The summed E-state index contributed by atoms with van der Waals surface area (Å²) in [6, 6.07) is 9.18. The van der Waals surface area contributed by atoms with Crippen molar-refractivity contribution in [1.82, 2.24) is 4.98 Å². The quantitative estimate of drug-likeness (QED) is 0.824. The maximum absolute atomic E-state index is 6.25. The van der Waals surface area contributed by atoms with E-state index in [-0.39, 0.29) is 6.04 Å². The number of ether oxygens (including phenoxy) is 2. The third kappa shape index (κ3) is 4.27. The summed E-state index contributed by atoms with van der Waals surface area (Å²) in [6.45, 7) is 0. The Balaban J connectivity index is 2.05. The number of hydrogen-bond acceptors (Lipinski definition) is 5. The van der Waals surface area contributed by atoms with Crippen molar-refractivity contribution in [3.8, 4) is 11.5 Å². The number of nitrogens with zero attached hydrogens (tertiary/aromatic N) is 1. The average molecular weight is 325 g/mol. The van der Waals surface area contributed by atoms with Gasteiger partial charge < -0.3 is 15.2 Å². The lowest BCUT2D eigenvalue weighted by Crippen LogP contribution is -2.14. The van der Waals surface area contributed by atoms with Crippen LogP contribution in [0.15, 0.2) is 41.6 Å². The first-order valence-corrected chi connectivity index (χ1v) is 7.72. The van der Waals surface area contributed by atoms with Gasteiger partial charge in [-0.15, -0.1) is 11.8 Å². The largest absolute Gasteiger partial charge is 0.497 e. The summed E-state index contributed by atoms with van der Waals surface area (Å²) < 4.78 is 10.6. The minimum absolute atomic E-state index is 0.159. The Kier molecular flexibility index (Phi) is 5.73. The molecule has 6 heteroatoms. The molecule has 1 atom stereocenters. The highest BCUT2D eigenvalue weighted by Gasteiger charge is 2.13. The molecule has 0 aliphatic rings. The molecule has 0 saturated carbocycles. The zero-order valence-corrected chi connectivity index (χ0v) is 13.4. The van der Waals surface area contributed by atoms with Crippen molar-refractivity contribution in [2.75, 3.05) is 20.0 Å². The summed E-state index contributed by atoms with van der Waals surface area (Å²) in [5.74, 6) is 2.17. The molecule has 0 fully saturated rings. The highest BCUT2D eigenvalue weighted by atomic mass is 35.5. The zero-order chi connectivity index (χ0) is 15.2. The summed E-state index contributed by atoms with van der Waals surface area (Å²) in [4.78, 5) is 4.24. The normalized spacial score (nSPS) is 12.0. The minimum atomic E-state index is -0.159. The van der Waals surface area contributed by atoms with Crippen molar-refractivity contribution >= 4 is 23.4 Å². The van der Waals surface area contributed by atoms with E-state index in [1.807, 2.05) is 30.3 Å². The van der Waals surface area contributed by atoms with Crippen molar-refractivity contribution < 1.29 is 9.47 Å². The van der Waals surface area contributed by atoms with Gasteiger partial charge >= 0.3 is 0 Å². The fourth-order valence-corrected chi connectivity index (χ4v) is 2.77. The second kappa shape index (κ2) is 7.54. The van der Waals surface area contributed by atoms with Gasteiger partial charge in [0.25, 0.3) is 0 Å². The van der Waals surface area contributed by atoms with Gasteiger partial charge in [0.2, 0.25) is 0 Å². The van der Waals surface area contributed by atoms with Crippen LogP contribution in [0.5, 0.6) is 11.5 Å². The Morgan fingerprint density at radius 1 is 1.24 bits per heavy atom. The van der Waals surface area contributed by atoms with Gasteiger partial charge in [0.15, 0.2) is 0 Å². The summed E-state index contributed by atoms with van der Waals surface area (Å²) in [6.07, 6.45) is 1.63. The highest BCUT2D eigenvalue weighted by Crippen LogP contribution is 2.31. The van der Waals surface area contributed by atoms with Crippen LogP contribution < -0.4 is 15.2 Å². The first kappa shape index (κ1) is 15.9. The van der Waals surface area contributed by atoms with Crippen LogP contribution in [0.3, 0.4) is 0 Å². The second-order valence-electron chi connectivity index (χ2n) is 4.34. The molecule has 4 nitrogen and oxygen atoms in total.